The second-order valence-electron chi connectivity index (χ2n) is 3.86. The fourth-order valence-electron chi connectivity index (χ4n) is 2.19. The van der Waals surface area contributed by atoms with Crippen LogP contribution >= 0.6 is 0 Å². The maximum absolute atomic E-state index is 10.2. The minimum absolute atomic E-state index is 0.500. The van der Waals surface area contributed by atoms with E-state index in [2.05, 4.69) is 0 Å². The first-order valence-electron chi connectivity index (χ1n) is 4.85. The van der Waals surface area contributed by atoms with Crippen molar-refractivity contribution in [2.75, 3.05) is 6.61 Å². The van der Waals surface area contributed by atoms with Crippen molar-refractivity contribution in [3.63, 3.8) is 0 Å². The Kier molecular flexibility index (Phi) is 2.09. The highest BCUT2D eigenvalue weighted by atomic mass is 16.5. The third-order valence-electron chi connectivity index (χ3n) is 2.96. The topological polar surface area (TPSA) is 29.5 Å². The first-order chi connectivity index (χ1) is 5.81. The second kappa shape index (κ2) is 3.09. The SMILES string of the molecule is OC1(C2=COCCC2)CCCC1. The molecule has 1 aliphatic carbocycles. The van der Waals surface area contributed by atoms with E-state index in [0.29, 0.717) is 0 Å². The van der Waals surface area contributed by atoms with Crippen molar-refractivity contribution in [2.45, 2.75) is 44.1 Å². The highest BCUT2D eigenvalue weighted by molar-refractivity contribution is 5.17. The van der Waals surface area contributed by atoms with Gasteiger partial charge in [-0.3, -0.25) is 0 Å². The third-order valence-corrected chi connectivity index (χ3v) is 2.96. The zero-order valence-electron chi connectivity index (χ0n) is 7.38. The molecule has 2 nitrogen and oxygen atoms in total. The molecule has 0 atom stereocenters. The van der Waals surface area contributed by atoms with Crippen LogP contribution < -0.4 is 0 Å². The van der Waals surface area contributed by atoms with E-state index in [-0.39, 0.29) is 0 Å². The number of ether oxygens (including phenoxy) is 1. The van der Waals surface area contributed by atoms with E-state index >= 15 is 0 Å². The maximum Gasteiger partial charge on any atom is 0.0889 e. The lowest BCUT2D eigenvalue weighted by Gasteiger charge is -2.27. The minimum Gasteiger partial charge on any atom is -0.501 e. The summed E-state index contributed by atoms with van der Waals surface area (Å²) in [5.74, 6) is 0. The molecule has 1 saturated carbocycles. The fourth-order valence-corrected chi connectivity index (χ4v) is 2.19. The van der Waals surface area contributed by atoms with Crippen LogP contribution in [0.15, 0.2) is 11.8 Å². The average Bonchev–Trinajstić information content (AvgIpc) is 2.55. The van der Waals surface area contributed by atoms with Crippen molar-refractivity contribution in [1.82, 2.24) is 0 Å². The molecule has 0 aromatic rings. The summed E-state index contributed by atoms with van der Waals surface area (Å²) in [7, 11) is 0. The summed E-state index contributed by atoms with van der Waals surface area (Å²) in [6, 6.07) is 0. The molecule has 1 N–H and O–H groups in total. The van der Waals surface area contributed by atoms with Crippen molar-refractivity contribution >= 4 is 0 Å². The summed E-state index contributed by atoms with van der Waals surface area (Å²) >= 11 is 0. The molecule has 12 heavy (non-hydrogen) atoms. The Labute approximate surface area is 73.2 Å². The molecule has 1 fully saturated rings. The van der Waals surface area contributed by atoms with E-state index in [1.54, 1.807) is 6.26 Å². The molecule has 0 aromatic heterocycles. The summed E-state index contributed by atoms with van der Waals surface area (Å²) in [5, 5.41) is 10.2. The summed E-state index contributed by atoms with van der Waals surface area (Å²) < 4.78 is 5.24. The van der Waals surface area contributed by atoms with Gasteiger partial charge in [-0.25, -0.2) is 0 Å². The molecule has 2 aliphatic rings. The first kappa shape index (κ1) is 8.11. The van der Waals surface area contributed by atoms with Crippen LogP contribution in [-0.2, 0) is 4.74 Å². The molecule has 0 radical (unpaired) electrons. The lowest BCUT2D eigenvalue weighted by Crippen LogP contribution is -2.28. The smallest absolute Gasteiger partial charge is 0.0889 e. The minimum atomic E-state index is -0.500. The zero-order valence-corrected chi connectivity index (χ0v) is 7.38. The van der Waals surface area contributed by atoms with Crippen molar-refractivity contribution in [2.24, 2.45) is 0 Å². The predicted octanol–water partition coefficient (Wildman–Crippen LogP) is 1.99. The molecule has 2 rings (SSSR count). The third kappa shape index (κ3) is 1.36. The van der Waals surface area contributed by atoms with E-state index in [9.17, 15) is 5.11 Å². The van der Waals surface area contributed by atoms with Crippen LogP contribution in [0.25, 0.3) is 0 Å². The van der Waals surface area contributed by atoms with Crippen LogP contribution in [0.2, 0.25) is 0 Å². The Bertz CT molecular complexity index is 190. The van der Waals surface area contributed by atoms with Crippen LogP contribution in [0.3, 0.4) is 0 Å². The quantitative estimate of drug-likeness (QED) is 0.648. The number of rotatable bonds is 1. The van der Waals surface area contributed by atoms with Gasteiger partial charge in [0.2, 0.25) is 0 Å². The zero-order chi connectivity index (χ0) is 8.44. The molecule has 0 saturated heterocycles. The van der Waals surface area contributed by atoms with E-state index in [0.717, 1.165) is 50.7 Å². The number of aliphatic hydroxyl groups is 1. The van der Waals surface area contributed by atoms with Gasteiger partial charge in [0.25, 0.3) is 0 Å². The van der Waals surface area contributed by atoms with Crippen molar-refractivity contribution in [3.05, 3.63) is 11.8 Å². The van der Waals surface area contributed by atoms with E-state index in [4.69, 9.17) is 4.74 Å². The van der Waals surface area contributed by atoms with Crippen LogP contribution in [0.5, 0.6) is 0 Å². The predicted molar refractivity (Wildman–Crippen MR) is 46.7 cm³/mol. The van der Waals surface area contributed by atoms with Crippen LogP contribution in [0.4, 0.5) is 0 Å². The molecule has 0 spiro atoms. The molecular formula is C10H16O2. The monoisotopic (exact) mass is 168 g/mol. The second-order valence-corrected chi connectivity index (χ2v) is 3.86. The van der Waals surface area contributed by atoms with Gasteiger partial charge < -0.3 is 9.84 Å². The molecular weight excluding hydrogens is 152 g/mol. The Hall–Kier alpha value is -0.500. The normalized spacial score (nSPS) is 27.9. The summed E-state index contributed by atoms with van der Waals surface area (Å²) in [4.78, 5) is 0. The molecule has 2 heteroatoms. The molecule has 0 bridgehead atoms. The van der Waals surface area contributed by atoms with Gasteiger partial charge in [-0.05, 0) is 31.3 Å². The Morgan fingerprint density at radius 1 is 1.25 bits per heavy atom. The van der Waals surface area contributed by atoms with Crippen molar-refractivity contribution < 1.29 is 9.84 Å². The highest BCUT2D eigenvalue weighted by Gasteiger charge is 2.35. The van der Waals surface area contributed by atoms with Gasteiger partial charge in [0.05, 0.1) is 18.5 Å². The van der Waals surface area contributed by atoms with E-state index in [1.807, 2.05) is 0 Å². The summed E-state index contributed by atoms with van der Waals surface area (Å²) in [5.41, 5.74) is 0.631. The van der Waals surface area contributed by atoms with E-state index < -0.39 is 5.60 Å². The standard InChI is InChI=1S/C10H16O2/c11-10(5-1-2-6-10)9-4-3-7-12-8-9/h8,11H,1-7H2. The molecule has 0 amide bonds. The fraction of sp³-hybridized carbons (Fsp3) is 0.800. The van der Waals surface area contributed by atoms with Gasteiger partial charge >= 0.3 is 0 Å². The number of hydrogen-bond acceptors (Lipinski definition) is 2. The van der Waals surface area contributed by atoms with Crippen molar-refractivity contribution in [3.8, 4) is 0 Å². The first-order valence-corrected chi connectivity index (χ1v) is 4.85. The lowest BCUT2D eigenvalue weighted by molar-refractivity contribution is 0.0693. The van der Waals surface area contributed by atoms with Gasteiger partial charge in [-0.15, -0.1) is 0 Å². The lowest BCUT2D eigenvalue weighted by atomic mass is 9.89. The molecule has 68 valence electrons. The maximum atomic E-state index is 10.2. The molecule has 0 unspecified atom stereocenters. The Morgan fingerprint density at radius 3 is 2.58 bits per heavy atom. The Balaban J connectivity index is 2.10. The largest absolute Gasteiger partial charge is 0.501 e. The molecule has 1 aliphatic heterocycles. The number of hydrogen-bond donors (Lipinski definition) is 1. The Morgan fingerprint density at radius 2 is 2.00 bits per heavy atom. The van der Waals surface area contributed by atoms with Gasteiger partial charge in [-0.1, -0.05) is 12.8 Å². The average molecular weight is 168 g/mol. The highest BCUT2D eigenvalue weighted by Crippen LogP contribution is 2.38. The van der Waals surface area contributed by atoms with Crippen LogP contribution in [0.1, 0.15) is 38.5 Å². The molecule has 0 aromatic carbocycles. The van der Waals surface area contributed by atoms with Crippen molar-refractivity contribution in [1.29, 1.82) is 0 Å². The van der Waals surface area contributed by atoms with Gasteiger partial charge in [0.15, 0.2) is 0 Å². The van der Waals surface area contributed by atoms with E-state index in [1.165, 1.54) is 0 Å². The van der Waals surface area contributed by atoms with Gasteiger partial charge in [0.1, 0.15) is 0 Å². The molecule has 1 heterocycles. The van der Waals surface area contributed by atoms with Crippen LogP contribution in [-0.4, -0.2) is 17.3 Å². The summed E-state index contributed by atoms with van der Waals surface area (Å²) in [6.07, 6.45) is 8.06. The summed E-state index contributed by atoms with van der Waals surface area (Å²) in [6.45, 7) is 0.819. The van der Waals surface area contributed by atoms with Gasteiger partial charge in [-0.2, -0.15) is 0 Å². The van der Waals surface area contributed by atoms with Gasteiger partial charge in [0, 0.05) is 0 Å². The van der Waals surface area contributed by atoms with Crippen LogP contribution in [0, 0.1) is 0 Å².